The second-order valence-electron chi connectivity index (χ2n) is 7.45. The van der Waals surface area contributed by atoms with Gasteiger partial charge in [0, 0.05) is 25.0 Å². The van der Waals surface area contributed by atoms with Crippen LogP contribution in [0, 0.1) is 0 Å². The summed E-state index contributed by atoms with van der Waals surface area (Å²) in [4.78, 5) is 14.8. The van der Waals surface area contributed by atoms with Gasteiger partial charge in [-0.05, 0) is 36.1 Å². The number of benzene rings is 1. The van der Waals surface area contributed by atoms with Crippen LogP contribution in [-0.4, -0.2) is 58.5 Å². The molecule has 11 heteroatoms. The first-order valence-corrected chi connectivity index (χ1v) is 13.8. The smallest absolute Gasteiger partial charge is 0.243 e. The van der Waals surface area contributed by atoms with Gasteiger partial charge in [-0.25, -0.2) is 23.4 Å². The zero-order chi connectivity index (χ0) is 22.1. The van der Waals surface area contributed by atoms with Crippen molar-refractivity contribution < 1.29 is 13.2 Å². The number of fused-ring (bicyclic) bond motifs is 2. The molecule has 32 heavy (non-hydrogen) atoms. The summed E-state index contributed by atoms with van der Waals surface area (Å²) in [6, 6.07) is 7.31. The van der Waals surface area contributed by atoms with E-state index < -0.39 is 10.0 Å². The number of imidazole rings is 1. The van der Waals surface area contributed by atoms with E-state index in [2.05, 4.69) is 21.5 Å². The zero-order valence-corrected chi connectivity index (χ0v) is 20.0. The van der Waals surface area contributed by atoms with Gasteiger partial charge in [-0.2, -0.15) is 4.31 Å². The first-order valence-electron chi connectivity index (χ1n) is 10.5. The number of ether oxygens (including phenoxy) is 1. The van der Waals surface area contributed by atoms with E-state index in [-0.39, 0.29) is 4.90 Å². The lowest BCUT2D eigenvalue weighted by Gasteiger charge is -2.26. The molecule has 0 saturated carbocycles. The minimum absolute atomic E-state index is 0.281. The second-order valence-corrected chi connectivity index (χ2v) is 11.3. The van der Waals surface area contributed by atoms with Crippen molar-refractivity contribution in [3.05, 3.63) is 41.8 Å². The van der Waals surface area contributed by atoms with Crippen LogP contribution in [0.3, 0.4) is 0 Å². The first-order chi connectivity index (χ1) is 15.6. The summed E-state index contributed by atoms with van der Waals surface area (Å²) < 4.78 is 35.1. The van der Waals surface area contributed by atoms with E-state index in [0.29, 0.717) is 37.6 Å². The number of morpholine rings is 1. The van der Waals surface area contributed by atoms with Gasteiger partial charge in [-0.15, -0.1) is 11.3 Å². The molecule has 0 spiro atoms. The van der Waals surface area contributed by atoms with Crippen LogP contribution in [0.15, 0.2) is 45.9 Å². The predicted molar refractivity (Wildman–Crippen MR) is 127 cm³/mol. The molecule has 1 saturated heterocycles. The Kier molecular flexibility index (Phi) is 6.17. The molecule has 0 amide bonds. The van der Waals surface area contributed by atoms with Crippen molar-refractivity contribution in [3.63, 3.8) is 0 Å². The molecule has 168 valence electrons. The monoisotopic (exact) mass is 489 g/mol. The van der Waals surface area contributed by atoms with Crippen molar-refractivity contribution in [1.82, 2.24) is 23.8 Å². The van der Waals surface area contributed by atoms with Crippen molar-refractivity contribution in [2.75, 3.05) is 26.3 Å². The van der Waals surface area contributed by atoms with E-state index in [9.17, 15) is 8.42 Å². The highest BCUT2D eigenvalue weighted by atomic mass is 32.2. The molecule has 0 radical (unpaired) electrons. The third kappa shape index (κ3) is 4.03. The standard InChI is InChI=1S/C21H23N5O3S3/c1-2-6-26-18-4-3-15(32(27,28)25-7-9-29-10-8-25)12-17(18)24-19(26)13-31-21-16-5-11-30-20(16)22-14-23-21/h3-5,11-12,14H,2,6-10,13H2,1H3. The minimum Gasteiger partial charge on any atom is -0.379 e. The zero-order valence-electron chi connectivity index (χ0n) is 17.6. The summed E-state index contributed by atoms with van der Waals surface area (Å²) in [6.07, 6.45) is 2.55. The minimum atomic E-state index is -3.56. The maximum atomic E-state index is 13.1. The highest BCUT2D eigenvalue weighted by Gasteiger charge is 2.27. The van der Waals surface area contributed by atoms with Crippen molar-refractivity contribution in [2.24, 2.45) is 0 Å². The normalized spacial score (nSPS) is 15.7. The van der Waals surface area contributed by atoms with E-state index in [4.69, 9.17) is 9.72 Å². The number of hydrogen-bond donors (Lipinski definition) is 0. The largest absolute Gasteiger partial charge is 0.379 e. The van der Waals surface area contributed by atoms with Crippen LogP contribution in [0.2, 0.25) is 0 Å². The van der Waals surface area contributed by atoms with Crippen LogP contribution in [0.1, 0.15) is 19.2 Å². The SMILES string of the molecule is CCCn1c(CSc2ncnc3sccc23)nc2cc(S(=O)(=O)N3CCOCC3)ccc21. The van der Waals surface area contributed by atoms with Crippen LogP contribution < -0.4 is 0 Å². The molecular formula is C21H23N5O3S3. The van der Waals surface area contributed by atoms with Gasteiger partial charge in [-0.3, -0.25) is 0 Å². The number of sulfonamides is 1. The van der Waals surface area contributed by atoms with Crippen molar-refractivity contribution in [1.29, 1.82) is 0 Å². The first kappa shape index (κ1) is 21.8. The Morgan fingerprint density at radius 1 is 1.19 bits per heavy atom. The number of thiophene rings is 1. The number of thioether (sulfide) groups is 1. The molecule has 1 fully saturated rings. The summed E-state index contributed by atoms with van der Waals surface area (Å²) >= 11 is 3.23. The van der Waals surface area contributed by atoms with Gasteiger partial charge in [0.15, 0.2) is 0 Å². The van der Waals surface area contributed by atoms with Gasteiger partial charge in [0.25, 0.3) is 0 Å². The lowest BCUT2D eigenvalue weighted by atomic mass is 10.3. The summed E-state index contributed by atoms with van der Waals surface area (Å²) in [6.45, 7) is 4.55. The Morgan fingerprint density at radius 2 is 2.03 bits per heavy atom. The molecule has 0 bridgehead atoms. The number of hydrogen-bond acceptors (Lipinski definition) is 8. The van der Waals surface area contributed by atoms with Crippen LogP contribution in [-0.2, 0) is 27.1 Å². The Bertz CT molecular complexity index is 1360. The van der Waals surface area contributed by atoms with Crippen LogP contribution in [0.4, 0.5) is 0 Å². The quantitative estimate of drug-likeness (QED) is 0.288. The van der Waals surface area contributed by atoms with Gasteiger partial charge < -0.3 is 9.30 Å². The van der Waals surface area contributed by atoms with E-state index in [0.717, 1.165) is 39.5 Å². The number of rotatable bonds is 7. The Labute approximate surface area is 194 Å². The fourth-order valence-electron chi connectivity index (χ4n) is 3.85. The fourth-order valence-corrected chi connectivity index (χ4v) is 7.01. The molecule has 0 aliphatic carbocycles. The summed E-state index contributed by atoms with van der Waals surface area (Å²) in [5, 5.41) is 4.01. The molecule has 1 aliphatic rings. The molecule has 1 aliphatic heterocycles. The molecule has 8 nitrogen and oxygen atoms in total. The molecule has 4 aromatic rings. The third-order valence-electron chi connectivity index (χ3n) is 5.42. The molecule has 0 atom stereocenters. The Hall–Kier alpha value is -2.05. The number of nitrogens with zero attached hydrogens (tertiary/aromatic N) is 5. The van der Waals surface area contributed by atoms with Gasteiger partial charge in [0.1, 0.15) is 22.0 Å². The predicted octanol–water partition coefficient (Wildman–Crippen LogP) is 3.76. The second kappa shape index (κ2) is 9.06. The molecule has 0 N–H and O–H groups in total. The fraction of sp³-hybridized carbons (Fsp3) is 0.381. The van der Waals surface area contributed by atoms with Gasteiger partial charge in [0.05, 0.1) is 34.9 Å². The highest BCUT2D eigenvalue weighted by Crippen LogP contribution is 2.31. The van der Waals surface area contributed by atoms with E-state index >= 15 is 0 Å². The molecule has 5 rings (SSSR count). The summed E-state index contributed by atoms with van der Waals surface area (Å²) in [5.41, 5.74) is 1.65. The van der Waals surface area contributed by atoms with Crippen molar-refractivity contribution in [3.8, 4) is 0 Å². The van der Waals surface area contributed by atoms with Crippen LogP contribution in [0.25, 0.3) is 21.3 Å². The van der Waals surface area contributed by atoms with E-state index in [1.165, 1.54) is 4.31 Å². The van der Waals surface area contributed by atoms with Crippen molar-refractivity contribution in [2.45, 2.75) is 35.6 Å². The maximum absolute atomic E-state index is 13.1. The molecular weight excluding hydrogens is 466 g/mol. The third-order valence-corrected chi connectivity index (χ3v) is 9.13. The van der Waals surface area contributed by atoms with Gasteiger partial charge >= 0.3 is 0 Å². The summed E-state index contributed by atoms with van der Waals surface area (Å²) in [5.74, 6) is 1.55. The molecule has 3 aromatic heterocycles. The Balaban J connectivity index is 1.47. The van der Waals surface area contributed by atoms with Crippen LogP contribution >= 0.6 is 23.1 Å². The molecule has 1 aromatic carbocycles. The van der Waals surface area contributed by atoms with Crippen molar-refractivity contribution >= 4 is 54.4 Å². The topological polar surface area (TPSA) is 90.2 Å². The number of aromatic nitrogens is 4. The lowest BCUT2D eigenvalue weighted by molar-refractivity contribution is 0.0730. The highest BCUT2D eigenvalue weighted by molar-refractivity contribution is 7.98. The number of aryl methyl sites for hydroxylation is 1. The average Bonchev–Trinajstić information content (AvgIpc) is 3.43. The Morgan fingerprint density at radius 3 is 2.84 bits per heavy atom. The van der Waals surface area contributed by atoms with Gasteiger partial charge in [-0.1, -0.05) is 18.7 Å². The van der Waals surface area contributed by atoms with Gasteiger partial charge in [0.2, 0.25) is 10.0 Å². The summed E-state index contributed by atoms with van der Waals surface area (Å²) in [7, 11) is -3.56. The van der Waals surface area contributed by atoms with E-state index in [1.54, 1.807) is 41.6 Å². The molecule has 4 heterocycles. The average molecular weight is 490 g/mol. The molecule has 0 unspecified atom stereocenters. The maximum Gasteiger partial charge on any atom is 0.243 e. The van der Waals surface area contributed by atoms with Crippen LogP contribution in [0.5, 0.6) is 0 Å². The lowest BCUT2D eigenvalue weighted by Crippen LogP contribution is -2.40. The van der Waals surface area contributed by atoms with E-state index in [1.807, 2.05) is 17.5 Å².